The van der Waals surface area contributed by atoms with E-state index >= 15 is 0 Å². The number of carbonyl (C=O) groups excluding carboxylic acids is 1. The Morgan fingerprint density at radius 2 is 1.97 bits per heavy atom. The largest absolute Gasteiger partial charge is 0.486 e. The van der Waals surface area contributed by atoms with Crippen molar-refractivity contribution >= 4 is 40.0 Å². The number of ether oxygens (including phenoxy) is 1. The first-order valence-corrected chi connectivity index (χ1v) is 10.3. The van der Waals surface area contributed by atoms with Crippen LogP contribution >= 0.6 is 23.4 Å². The molecule has 4 rings (SSSR count). The maximum atomic E-state index is 13.0. The molecule has 0 saturated heterocycles. The Morgan fingerprint density at radius 1 is 1.21 bits per heavy atom. The van der Waals surface area contributed by atoms with E-state index in [1.807, 2.05) is 38.1 Å². The summed E-state index contributed by atoms with van der Waals surface area (Å²) in [6.07, 6.45) is 0. The van der Waals surface area contributed by atoms with Gasteiger partial charge in [0.2, 0.25) is 5.16 Å². The molecule has 2 N–H and O–H groups in total. The third kappa shape index (κ3) is 4.31. The zero-order valence-electron chi connectivity index (χ0n) is 15.9. The number of Topliss-reactive ketones (excluding diaryl/α,β-unsaturated/α-hetero) is 1. The summed E-state index contributed by atoms with van der Waals surface area (Å²) in [7, 11) is 0. The van der Waals surface area contributed by atoms with Crippen molar-refractivity contribution in [1.82, 2.24) is 20.2 Å². The summed E-state index contributed by atoms with van der Waals surface area (Å²) in [5.74, 6) is 1.33. The molecule has 0 aliphatic heterocycles. The lowest BCUT2D eigenvalue weighted by Crippen LogP contribution is -2.14. The first-order valence-electron chi connectivity index (χ1n) is 9.09. The molecular formula is C21H19ClN4O2S. The Bertz CT molecular complexity index is 1150. The van der Waals surface area contributed by atoms with Gasteiger partial charge in [-0.1, -0.05) is 41.6 Å². The van der Waals surface area contributed by atoms with E-state index < -0.39 is 0 Å². The lowest BCUT2D eigenvalue weighted by molar-refractivity contribution is 0.0995. The molecule has 1 unspecified atom stereocenters. The molecule has 2 aromatic carbocycles. The number of hydrogen-bond acceptors (Lipinski definition) is 5. The molecule has 0 amide bonds. The lowest BCUT2D eigenvalue weighted by Gasteiger charge is -2.08. The monoisotopic (exact) mass is 426 g/mol. The van der Waals surface area contributed by atoms with Crippen molar-refractivity contribution in [3.8, 4) is 5.75 Å². The maximum Gasteiger partial charge on any atom is 0.209 e. The fraction of sp³-hybridized carbons (Fsp3) is 0.190. The molecule has 29 heavy (non-hydrogen) atoms. The van der Waals surface area contributed by atoms with Crippen LogP contribution in [0.3, 0.4) is 0 Å². The Hall–Kier alpha value is -2.77. The van der Waals surface area contributed by atoms with Gasteiger partial charge in [-0.25, -0.2) is 4.98 Å². The van der Waals surface area contributed by atoms with Crippen molar-refractivity contribution in [1.29, 1.82) is 0 Å². The van der Waals surface area contributed by atoms with Gasteiger partial charge in [0.25, 0.3) is 0 Å². The normalized spacial score (nSPS) is 12.2. The molecule has 0 bridgehead atoms. The second-order valence-electron chi connectivity index (χ2n) is 6.60. The second-order valence-corrected chi connectivity index (χ2v) is 8.35. The Balaban J connectivity index is 1.42. The fourth-order valence-corrected chi connectivity index (χ4v) is 4.01. The summed E-state index contributed by atoms with van der Waals surface area (Å²) in [5.41, 5.74) is 2.56. The molecule has 0 aliphatic rings. The number of fused-ring (bicyclic) bond motifs is 1. The van der Waals surface area contributed by atoms with Crippen LogP contribution in [0.4, 0.5) is 0 Å². The van der Waals surface area contributed by atoms with Gasteiger partial charge in [-0.15, -0.1) is 5.10 Å². The molecular weight excluding hydrogens is 408 g/mol. The molecule has 0 aliphatic carbocycles. The molecule has 1 atom stereocenters. The average Bonchev–Trinajstić information content (AvgIpc) is 3.30. The lowest BCUT2D eigenvalue weighted by atomic mass is 10.1. The van der Waals surface area contributed by atoms with Crippen molar-refractivity contribution in [2.75, 3.05) is 0 Å². The standard InChI is InChI=1S/C21H19ClN4O2S/c1-12-19(16-5-3-4-6-17(16)23-12)20(27)13(2)29-21-24-18(25-26-21)11-28-15-9-7-14(22)8-10-15/h3-10,13,23H,11H2,1-2H3,(H,24,25,26). The molecule has 8 heteroatoms. The predicted molar refractivity (Wildman–Crippen MR) is 115 cm³/mol. The Kier molecular flexibility index (Phi) is 5.60. The van der Waals surface area contributed by atoms with Gasteiger partial charge in [-0.05, 0) is 44.2 Å². The van der Waals surface area contributed by atoms with Gasteiger partial charge in [0.15, 0.2) is 11.6 Å². The number of ketones is 1. The van der Waals surface area contributed by atoms with E-state index in [9.17, 15) is 4.79 Å². The van der Waals surface area contributed by atoms with Crippen LogP contribution in [0.25, 0.3) is 10.9 Å². The van der Waals surface area contributed by atoms with E-state index in [1.165, 1.54) is 11.8 Å². The van der Waals surface area contributed by atoms with Crippen molar-refractivity contribution in [2.45, 2.75) is 30.9 Å². The highest BCUT2D eigenvalue weighted by molar-refractivity contribution is 8.00. The number of aromatic amines is 2. The van der Waals surface area contributed by atoms with Gasteiger partial charge < -0.3 is 9.72 Å². The maximum absolute atomic E-state index is 13.0. The molecule has 0 spiro atoms. The second kappa shape index (κ2) is 8.31. The minimum Gasteiger partial charge on any atom is -0.486 e. The van der Waals surface area contributed by atoms with Gasteiger partial charge in [0.05, 0.1) is 5.25 Å². The van der Waals surface area contributed by atoms with E-state index in [-0.39, 0.29) is 17.6 Å². The van der Waals surface area contributed by atoms with E-state index in [0.29, 0.717) is 21.8 Å². The summed E-state index contributed by atoms with van der Waals surface area (Å²) in [4.78, 5) is 20.7. The molecule has 0 fully saturated rings. The average molecular weight is 427 g/mol. The van der Waals surface area contributed by atoms with Gasteiger partial charge >= 0.3 is 0 Å². The summed E-state index contributed by atoms with van der Waals surface area (Å²) < 4.78 is 5.66. The van der Waals surface area contributed by atoms with Crippen molar-refractivity contribution < 1.29 is 9.53 Å². The number of rotatable bonds is 7. The molecule has 2 heterocycles. The smallest absolute Gasteiger partial charge is 0.209 e. The topological polar surface area (TPSA) is 83.7 Å². The van der Waals surface area contributed by atoms with Crippen molar-refractivity contribution in [2.24, 2.45) is 0 Å². The van der Waals surface area contributed by atoms with Crippen molar-refractivity contribution in [3.63, 3.8) is 0 Å². The number of hydrogen-bond donors (Lipinski definition) is 2. The SMILES string of the molecule is Cc1[nH]c2ccccc2c1C(=O)C(C)Sc1n[nH]c(COc2ccc(Cl)cc2)n1. The highest BCUT2D eigenvalue weighted by atomic mass is 35.5. The van der Waals surface area contributed by atoms with Crippen LogP contribution in [0, 0.1) is 6.92 Å². The highest BCUT2D eigenvalue weighted by Gasteiger charge is 2.23. The van der Waals surface area contributed by atoms with E-state index in [1.54, 1.807) is 24.3 Å². The number of thioether (sulfide) groups is 1. The molecule has 0 saturated carbocycles. The number of H-pyrrole nitrogens is 2. The van der Waals surface area contributed by atoms with Crippen LogP contribution in [0.1, 0.15) is 28.8 Å². The summed E-state index contributed by atoms with van der Waals surface area (Å²) in [5, 5.41) is 8.83. The van der Waals surface area contributed by atoms with Gasteiger partial charge in [-0.2, -0.15) is 0 Å². The fourth-order valence-electron chi connectivity index (χ4n) is 3.09. The molecule has 4 aromatic rings. The first-order chi connectivity index (χ1) is 14.0. The third-order valence-electron chi connectivity index (χ3n) is 4.49. The minimum atomic E-state index is -0.325. The Morgan fingerprint density at radius 3 is 2.76 bits per heavy atom. The number of nitrogens with zero attached hydrogens (tertiary/aromatic N) is 2. The minimum absolute atomic E-state index is 0.0497. The number of nitrogens with one attached hydrogen (secondary N) is 2. The van der Waals surface area contributed by atoms with Gasteiger partial charge in [0.1, 0.15) is 12.4 Å². The Labute approximate surface area is 177 Å². The van der Waals surface area contributed by atoms with Crippen LogP contribution in [0.2, 0.25) is 5.02 Å². The van der Waals surface area contributed by atoms with E-state index in [0.717, 1.165) is 22.2 Å². The number of carbonyl (C=O) groups is 1. The first kappa shape index (κ1) is 19.5. The van der Waals surface area contributed by atoms with Crippen LogP contribution in [0.15, 0.2) is 53.7 Å². The molecule has 6 nitrogen and oxygen atoms in total. The summed E-state index contributed by atoms with van der Waals surface area (Å²) >= 11 is 7.19. The summed E-state index contributed by atoms with van der Waals surface area (Å²) in [6, 6.07) is 14.9. The number of aryl methyl sites for hydroxylation is 1. The summed E-state index contributed by atoms with van der Waals surface area (Å²) in [6.45, 7) is 4.04. The van der Waals surface area contributed by atoms with Gasteiger partial charge in [-0.3, -0.25) is 9.89 Å². The number of halogens is 1. The molecule has 2 aromatic heterocycles. The van der Waals surface area contributed by atoms with Gasteiger partial charge in [0, 0.05) is 27.2 Å². The van der Waals surface area contributed by atoms with Crippen molar-refractivity contribution in [3.05, 3.63) is 70.6 Å². The van der Waals surface area contributed by atoms with Crippen LogP contribution in [-0.2, 0) is 6.61 Å². The quantitative estimate of drug-likeness (QED) is 0.314. The highest BCUT2D eigenvalue weighted by Crippen LogP contribution is 2.28. The molecule has 0 radical (unpaired) electrons. The van der Waals surface area contributed by atoms with Crippen LogP contribution in [0.5, 0.6) is 5.75 Å². The van der Waals surface area contributed by atoms with Crippen LogP contribution in [-0.4, -0.2) is 31.2 Å². The zero-order valence-corrected chi connectivity index (χ0v) is 17.5. The number of para-hydroxylation sites is 1. The van der Waals surface area contributed by atoms with E-state index in [4.69, 9.17) is 16.3 Å². The predicted octanol–water partition coefficient (Wildman–Crippen LogP) is 5.19. The number of benzene rings is 2. The number of aromatic nitrogens is 4. The molecule has 148 valence electrons. The van der Waals surface area contributed by atoms with Crippen LogP contribution < -0.4 is 4.74 Å². The van der Waals surface area contributed by atoms with E-state index in [2.05, 4.69) is 20.2 Å². The zero-order chi connectivity index (χ0) is 20.4. The third-order valence-corrected chi connectivity index (χ3v) is 5.70.